The Morgan fingerprint density at radius 1 is 1.27 bits per heavy atom. The minimum Gasteiger partial charge on any atom is -0.376 e. The molecule has 4 nitrogen and oxygen atoms in total. The number of ether oxygens (including phenoxy) is 1. The van der Waals surface area contributed by atoms with Crippen LogP contribution in [0.1, 0.15) is 31.6 Å². The lowest BCUT2D eigenvalue weighted by molar-refractivity contribution is 0.123. The van der Waals surface area contributed by atoms with Crippen LogP contribution in [0.2, 0.25) is 5.02 Å². The van der Waals surface area contributed by atoms with Crippen LogP contribution in [0.4, 0.5) is 0 Å². The standard InChI is InChI=1S/C16H19ClN2O2S/c1-11(2)19-9-8-15(20)18-16(19)22-10-14(21-3)12-4-6-13(17)7-5-12/h4-9,11,14H,10H2,1-3H3. The fourth-order valence-corrected chi connectivity index (χ4v) is 3.36. The predicted octanol–water partition coefficient (Wildman–Crippen LogP) is 3.96. The van der Waals surface area contributed by atoms with Gasteiger partial charge in [0.05, 0.1) is 6.10 Å². The number of nitrogens with zero attached hydrogens (tertiary/aromatic N) is 2. The second-order valence-corrected chi connectivity index (χ2v) is 6.56. The van der Waals surface area contributed by atoms with Gasteiger partial charge in [-0.25, -0.2) is 0 Å². The van der Waals surface area contributed by atoms with Gasteiger partial charge in [0.1, 0.15) is 0 Å². The van der Waals surface area contributed by atoms with Crippen molar-refractivity contribution in [1.82, 2.24) is 9.55 Å². The highest BCUT2D eigenvalue weighted by Crippen LogP contribution is 2.27. The molecule has 0 bridgehead atoms. The average molecular weight is 339 g/mol. The largest absolute Gasteiger partial charge is 0.376 e. The molecule has 1 heterocycles. The molecule has 0 aliphatic rings. The normalized spacial score (nSPS) is 12.6. The molecule has 0 aliphatic carbocycles. The summed E-state index contributed by atoms with van der Waals surface area (Å²) in [6.45, 7) is 4.12. The van der Waals surface area contributed by atoms with Crippen molar-refractivity contribution >= 4 is 23.4 Å². The van der Waals surface area contributed by atoms with Gasteiger partial charge in [0, 0.05) is 36.2 Å². The number of aromatic nitrogens is 2. The highest BCUT2D eigenvalue weighted by molar-refractivity contribution is 7.99. The molecule has 2 rings (SSSR count). The van der Waals surface area contributed by atoms with E-state index in [0.717, 1.165) is 5.56 Å². The van der Waals surface area contributed by atoms with E-state index in [9.17, 15) is 4.79 Å². The summed E-state index contributed by atoms with van der Waals surface area (Å²) in [6, 6.07) is 9.32. The van der Waals surface area contributed by atoms with Crippen molar-refractivity contribution in [3.63, 3.8) is 0 Å². The van der Waals surface area contributed by atoms with Crippen molar-refractivity contribution in [2.75, 3.05) is 12.9 Å². The van der Waals surface area contributed by atoms with Crippen molar-refractivity contribution in [2.24, 2.45) is 0 Å². The molecule has 0 saturated carbocycles. The SMILES string of the molecule is COC(CSc1nc(=O)ccn1C(C)C)c1ccc(Cl)cc1. The molecule has 1 aromatic carbocycles. The molecule has 0 fully saturated rings. The maximum Gasteiger partial charge on any atom is 0.273 e. The lowest BCUT2D eigenvalue weighted by atomic mass is 10.1. The van der Waals surface area contributed by atoms with Crippen LogP contribution in [0.25, 0.3) is 0 Å². The van der Waals surface area contributed by atoms with Gasteiger partial charge in [-0.2, -0.15) is 4.98 Å². The Hall–Kier alpha value is -1.30. The Kier molecular flexibility index (Phi) is 6.06. The van der Waals surface area contributed by atoms with Crippen molar-refractivity contribution in [3.8, 4) is 0 Å². The third-order valence-electron chi connectivity index (χ3n) is 3.25. The molecule has 0 amide bonds. The maximum atomic E-state index is 11.5. The van der Waals surface area contributed by atoms with E-state index in [2.05, 4.69) is 18.8 Å². The summed E-state index contributed by atoms with van der Waals surface area (Å²) in [5.41, 5.74) is 0.827. The fourth-order valence-electron chi connectivity index (χ4n) is 2.02. The lowest BCUT2D eigenvalue weighted by Crippen LogP contribution is -2.15. The molecule has 6 heteroatoms. The summed E-state index contributed by atoms with van der Waals surface area (Å²) in [6.07, 6.45) is 1.70. The molecule has 0 spiro atoms. The van der Waals surface area contributed by atoms with Gasteiger partial charge >= 0.3 is 0 Å². The van der Waals surface area contributed by atoms with E-state index in [4.69, 9.17) is 16.3 Å². The first kappa shape index (κ1) is 17.1. The van der Waals surface area contributed by atoms with E-state index >= 15 is 0 Å². The third-order valence-corrected chi connectivity index (χ3v) is 4.53. The smallest absolute Gasteiger partial charge is 0.273 e. The van der Waals surface area contributed by atoms with E-state index in [1.165, 1.54) is 17.8 Å². The Balaban J connectivity index is 2.15. The van der Waals surface area contributed by atoms with Crippen molar-refractivity contribution in [3.05, 3.63) is 57.5 Å². The molecule has 0 saturated heterocycles. The molecule has 1 unspecified atom stereocenters. The molecule has 2 aromatic rings. The first-order valence-corrected chi connectivity index (χ1v) is 8.38. The van der Waals surface area contributed by atoms with Crippen LogP contribution >= 0.6 is 23.4 Å². The first-order chi connectivity index (χ1) is 10.5. The van der Waals surface area contributed by atoms with Gasteiger partial charge in [-0.1, -0.05) is 35.5 Å². The highest BCUT2D eigenvalue weighted by Gasteiger charge is 2.14. The van der Waals surface area contributed by atoms with E-state index < -0.39 is 0 Å². The predicted molar refractivity (Wildman–Crippen MR) is 90.8 cm³/mol. The summed E-state index contributed by atoms with van der Waals surface area (Å²) < 4.78 is 7.54. The van der Waals surface area contributed by atoms with Gasteiger partial charge in [-0.05, 0) is 31.5 Å². The third kappa shape index (κ3) is 4.35. The maximum absolute atomic E-state index is 11.5. The minimum atomic E-state index is -0.222. The Bertz CT molecular complexity index is 671. The Morgan fingerprint density at radius 3 is 2.55 bits per heavy atom. The minimum absolute atomic E-state index is 0.0833. The van der Waals surface area contributed by atoms with Gasteiger partial charge in [0.25, 0.3) is 5.56 Å². The summed E-state index contributed by atoms with van der Waals surface area (Å²) in [5, 5.41) is 1.41. The number of hydrogen-bond donors (Lipinski definition) is 0. The van der Waals surface area contributed by atoms with Gasteiger partial charge in [0.2, 0.25) is 0 Å². The molecule has 1 atom stereocenters. The molecule has 22 heavy (non-hydrogen) atoms. The molecule has 0 N–H and O–H groups in total. The van der Waals surface area contributed by atoms with E-state index in [0.29, 0.717) is 15.9 Å². The number of methoxy groups -OCH3 is 1. The topological polar surface area (TPSA) is 44.1 Å². The van der Waals surface area contributed by atoms with Gasteiger partial charge in [-0.3, -0.25) is 4.79 Å². The number of thioether (sulfide) groups is 1. The van der Waals surface area contributed by atoms with Crippen molar-refractivity contribution in [2.45, 2.75) is 31.1 Å². The first-order valence-electron chi connectivity index (χ1n) is 7.01. The molecular formula is C16H19ClN2O2S. The number of rotatable bonds is 6. The van der Waals surface area contributed by atoms with Gasteiger partial charge in [-0.15, -0.1) is 0 Å². The number of hydrogen-bond acceptors (Lipinski definition) is 4. The lowest BCUT2D eigenvalue weighted by Gasteiger charge is -2.18. The van der Waals surface area contributed by atoms with Crippen molar-refractivity contribution in [1.29, 1.82) is 0 Å². The summed E-state index contributed by atoms with van der Waals surface area (Å²) >= 11 is 7.43. The zero-order chi connectivity index (χ0) is 16.1. The van der Waals surface area contributed by atoms with Crippen LogP contribution < -0.4 is 5.56 Å². The van der Waals surface area contributed by atoms with Crippen LogP contribution in [0.5, 0.6) is 0 Å². The van der Waals surface area contributed by atoms with Gasteiger partial charge < -0.3 is 9.30 Å². The summed E-state index contributed by atoms with van der Waals surface area (Å²) in [7, 11) is 1.67. The summed E-state index contributed by atoms with van der Waals surface area (Å²) in [5.74, 6) is 0.668. The van der Waals surface area contributed by atoms with E-state index in [-0.39, 0.29) is 17.7 Å². The van der Waals surface area contributed by atoms with Crippen molar-refractivity contribution < 1.29 is 4.74 Å². The van der Waals surface area contributed by atoms with Gasteiger partial charge in [0.15, 0.2) is 5.16 Å². The van der Waals surface area contributed by atoms with E-state index in [1.54, 1.807) is 13.3 Å². The molecule has 0 radical (unpaired) electrons. The Morgan fingerprint density at radius 2 is 1.95 bits per heavy atom. The quantitative estimate of drug-likeness (QED) is 0.590. The zero-order valence-electron chi connectivity index (χ0n) is 12.8. The number of benzene rings is 1. The van der Waals surface area contributed by atoms with Crippen LogP contribution in [0, 0.1) is 0 Å². The van der Waals surface area contributed by atoms with E-state index in [1.807, 2.05) is 28.8 Å². The highest BCUT2D eigenvalue weighted by atomic mass is 35.5. The zero-order valence-corrected chi connectivity index (χ0v) is 14.4. The second kappa shape index (κ2) is 7.81. The van der Waals surface area contributed by atoms with Crippen LogP contribution in [-0.2, 0) is 4.74 Å². The molecule has 118 valence electrons. The molecular weight excluding hydrogens is 320 g/mol. The summed E-state index contributed by atoms with van der Waals surface area (Å²) in [4.78, 5) is 15.6. The van der Waals surface area contributed by atoms with Crippen LogP contribution in [-0.4, -0.2) is 22.4 Å². The van der Waals surface area contributed by atoms with Crippen LogP contribution in [0.3, 0.4) is 0 Å². The molecule has 0 aliphatic heterocycles. The molecule has 1 aromatic heterocycles. The number of halogens is 1. The monoisotopic (exact) mass is 338 g/mol. The fraction of sp³-hybridized carbons (Fsp3) is 0.375. The second-order valence-electron chi connectivity index (χ2n) is 5.14. The average Bonchev–Trinajstić information content (AvgIpc) is 2.49. The van der Waals surface area contributed by atoms with Crippen LogP contribution in [0.15, 0.2) is 46.5 Å². The Labute approximate surface area is 139 Å².